The molecule has 6 nitrogen and oxygen atoms in total. The minimum atomic E-state index is -0.582. The van der Waals surface area contributed by atoms with Crippen molar-refractivity contribution in [3.8, 4) is 5.69 Å². The molecule has 0 radical (unpaired) electrons. The van der Waals surface area contributed by atoms with Crippen molar-refractivity contribution in [3.05, 3.63) is 52.6 Å². The third kappa shape index (κ3) is 1.68. The third-order valence-electron chi connectivity index (χ3n) is 2.14. The molecule has 0 saturated heterocycles. The van der Waals surface area contributed by atoms with Crippen molar-refractivity contribution >= 4 is 12.0 Å². The number of aldehydes is 1. The van der Waals surface area contributed by atoms with E-state index in [1.54, 1.807) is 29.4 Å². The SMILES string of the molecule is O=Cc1cc(-n2ccnc2)ccc1[N+](=O)[O-]. The number of nitro benzene ring substituents is 1. The summed E-state index contributed by atoms with van der Waals surface area (Å²) in [5.74, 6) is 0. The minimum absolute atomic E-state index is 0.0520. The number of hydrogen-bond acceptors (Lipinski definition) is 4. The Morgan fingerprint density at radius 3 is 2.81 bits per heavy atom. The second-order valence-corrected chi connectivity index (χ2v) is 3.09. The molecule has 0 unspecified atom stereocenters. The second-order valence-electron chi connectivity index (χ2n) is 3.09. The maximum atomic E-state index is 10.7. The Labute approximate surface area is 90.3 Å². The average molecular weight is 217 g/mol. The molecule has 0 aliphatic carbocycles. The van der Waals surface area contributed by atoms with Gasteiger partial charge in [-0.2, -0.15) is 0 Å². The van der Waals surface area contributed by atoms with Crippen LogP contribution in [0.1, 0.15) is 10.4 Å². The molecule has 16 heavy (non-hydrogen) atoms. The van der Waals surface area contributed by atoms with E-state index in [0.29, 0.717) is 12.0 Å². The molecule has 0 aliphatic heterocycles. The van der Waals surface area contributed by atoms with Crippen molar-refractivity contribution in [1.29, 1.82) is 0 Å². The van der Waals surface area contributed by atoms with Crippen molar-refractivity contribution in [1.82, 2.24) is 9.55 Å². The van der Waals surface area contributed by atoms with Crippen LogP contribution in [0.25, 0.3) is 5.69 Å². The molecule has 2 rings (SSSR count). The van der Waals surface area contributed by atoms with Gasteiger partial charge in [-0.15, -0.1) is 0 Å². The molecular weight excluding hydrogens is 210 g/mol. The highest BCUT2D eigenvalue weighted by Gasteiger charge is 2.13. The Bertz CT molecular complexity index is 534. The normalized spacial score (nSPS) is 10.0. The lowest BCUT2D eigenvalue weighted by molar-refractivity contribution is -0.385. The standard InChI is InChI=1S/C10H7N3O3/c14-6-8-5-9(12-4-3-11-7-12)1-2-10(8)13(15)16/h1-7H. The lowest BCUT2D eigenvalue weighted by Crippen LogP contribution is -1.97. The van der Waals surface area contributed by atoms with E-state index in [2.05, 4.69) is 4.98 Å². The zero-order valence-electron chi connectivity index (χ0n) is 8.11. The summed E-state index contributed by atoms with van der Waals surface area (Å²) in [7, 11) is 0. The van der Waals surface area contributed by atoms with Crippen LogP contribution in [0, 0.1) is 10.1 Å². The smallest absolute Gasteiger partial charge is 0.280 e. The molecule has 1 aromatic carbocycles. The number of imidazole rings is 1. The van der Waals surface area contributed by atoms with E-state index in [4.69, 9.17) is 0 Å². The molecule has 0 atom stereocenters. The molecule has 0 fully saturated rings. The largest absolute Gasteiger partial charge is 0.306 e. The van der Waals surface area contributed by atoms with Crippen LogP contribution < -0.4 is 0 Å². The maximum Gasteiger partial charge on any atom is 0.280 e. The van der Waals surface area contributed by atoms with E-state index in [1.807, 2.05) is 0 Å². The van der Waals surface area contributed by atoms with Crippen LogP contribution in [0.3, 0.4) is 0 Å². The highest BCUT2D eigenvalue weighted by molar-refractivity contribution is 5.82. The summed E-state index contributed by atoms with van der Waals surface area (Å²) in [6, 6.07) is 4.32. The monoisotopic (exact) mass is 217 g/mol. The molecule has 0 N–H and O–H groups in total. The predicted octanol–water partition coefficient (Wildman–Crippen LogP) is 1.59. The molecule has 2 aromatic rings. The van der Waals surface area contributed by atoms with Gasteiger partial charge in [0.2, 0.25) is 0 Å². The molecule has 6 heteroatoms. The highest BCUT2D eigenvalue weighted by atomic mass is 16.6. The van der Waals surface area contributed by atoms with Gasteiger partial charge in [0, 0.05) is 24.1 Å². The molecule has 0 aliphatic rings. The molecular formula is C10H7N3O3. The maximum absolute atomic E-state index is 10.7. The molecule has 0 bridgehead atoms. The lowest BCUT2D eigenvalue weighted by Gasteiger charge is -2.02. The van der Waals surface area contributed by atoms with Gasteiger partial charge in [0.05, 0.1) is 16.8 Å². The first-order valence-corrected chi connectivity index (χ1v) is 4.44. The van der Waals surface area contributed by atoms with Crippen molar-refractivity contribution in [3.63, 3.8) is 0 Å². The fourth-order valence-electron chi connectivity index (χ4n) is 1.38. The summed E-state index contributed by atoms with van der Waals surface area (Å²) in [5, 5.41) is 10.6. The first-order valence-electron chi connectivity index (χ1n) is 4.44. The number of rotatable bonds is 3. The van der Waals surface area contributed by atoms with Crippen LogP contribution in [0.2, 0.25) is 0 Å². The van der Waals surface area contributed by atoms with Crippen molar-refractivity contribution in [2.24, 2.45) is 0 Å². The number of carbonyl (C=O) groups excluding carboxylic acids is 1. The molecule has 0 spiro atoms. The summed E-state index contributed by atoms with van der Waals surface area (Å²) >= 11 is 0. The molecule has 1 heterocycles. The Hall–Kier alpha value is -2.50. The summed E-state index contributed by atoms with van der Waals surface area (Å²) in [4.78, 5) is 24.6. The van der Waals surface area contributed by atoms with Gasteiger partial charge in [-0.3, -0.25) is 14.9 Å². The first-order chi connectivity index (χ1) is 7.72. The average Bonchev–Trinajstić information content (AvgIpc) is 2.81. The van der Waals surface area contributed by atoms with Crippen LogP contribution in [0.4, 0.5) is 5.69 Å². The summed E-state index contributed by atoms with van der Waals surface area (Å²) in [6.07, 6.45) is 5.30. The fourth-order valence-corrected chi connectivity index (χ4v) is 1.38. The molecule has 1 aromatic heterocycles. The van der Waals surface area contributed by atoms with Crippen LogP contribution in [0.15, 0.2) is 36.9 Å². The first kappa shape index (κ1) is 10.0. The summed E-state index contributed by atoms with van der Waals surface area (Å²) in [6.45, 7) is 0. The Kier molecular flexibility index (Phi) is 2.47. The summed E-state index contributed by atoms with van der Waals surface area (Å²) in [5.41, 5.74) is 0.514. The van der Waals surface area contributed by atoms with Gasteiger partial charge >= 0.3 is 0 Å². The van der Waals surface area contributed by atoms with Gasteiger partial charge in [-0.05, 0) is 12.1 Å². The number of benzene rings is 1. The van der Waals surface area contributed by atoms with E-state index < -0.39 is 4.92 Å². The number of carbonyl (C=O) groups is 1. The van der Waals surface area contributed by atoms with E-state index in [-0.39, 0.29) is 11.3 Å². The van der Waals surface area contributed by atoms with Crippen molar-refractivity contribution in [2.45, 2.75) is 0 Å². The molecule has 0 saturated carbocycles. The van der Waals surface area contributed by atoms with E-state index in [0.717, 1.165) is 0 Å². The van der Waals surface area contributed by atoms with Gasteiger partial charge in [-0.1, -0.05) is 0 Å². The third-order valence-corrected chi connectivity index (χ3v) is 2.14. The second kappa shape index (κ2) is 3.93. The van der Waals surface area contributed by atoms with Gasteiger partial charge < -0.3 is 4.57 Å². The Balaban J connectivity index is 2.53. The molecule has 0 amide bonds. The van der Waals surface area contributed by atoms with Crippen molar-refractivity contribution in [2.75, 3.05) is 0 Å². The minimum Gasteiger partial charge on any atom is -0.306 e. The van der Waals surface area contributed by atoms with Crippen LogP contribution >= 0.6 is 0 Å². The fraction of sp³-hybridized carbons (Fsp3) is 0. The van der Waals surface area contributed by atoms with Gasteiger partial charge in [0.1, 0.15) is 0 Å². The predicted molar refractivity (Wildman–Crippen MR) is 55.6 cm³/mol. The zero-order valence-corrected chi connectivity index (χ0v) is 8.11. The van der Waals surface area contributed by atoms with Gasteiger partial charge in [0.25, 0.3) is 5.69 Å². The summed E-state index contributed by atoms with van der Waals surface area (Å²) < 4.78 is 1.66. The van der Waals surface area contributed by atoms with Crippen LogP contribution in [-0.4, -0.2) is 20.8 Å². The van der Waals surface area contributed by atoms with Crippen LogP contribution in [-0.2, 0) is 0 Å². The van der Waals surface area contributed by atoms with E-state index in [1.165, 1.54) is 12.1 Å². The Morgan fingerprint density at radius 2 is 2.25 bits per heavy atom. The van der Waals surface area contributed by atoms with Crippen molar-refractivity contribution < 1.29 is 9.72 Å². The van der Waals surface area contributed by atoms with Gasteiger partial charge in [-0.25, -0.2) is 4.98 Å². The lowest BCUT2D eigenvalue weighted by atomic mass is 10.2. The molecule has 80 valence electrons. The van der Waals surface area contributed by atoms with Crippen LogP contribution in [0.5, 0.6) is 0 Å². The Morgan fingerprint density at radius 1 is 1.44 bits per heavy atom. The highest BCUT2D eigenvalue weighted by Crippen LogP contribution is 2.20. The number of nitrogens with zero attached hydrogens (tertiary/aromatic N) is 3. The van der Waals surface area contributed by atoms with E-state index in [9.17, 15) is 14.9 Å². The zero-order chi connectivity index (χ0) is 11.5. The number of aromatic nitrogens is 2. The van der Waals surface area contributed by atoms with Gasteiger partial charge in [0.15, 0.2) is 6.29 Å². The topological polar surface area (TPSA) is 78.0 Å². The quantitative estimate of drug-likeness (QED) is 0.444. The van der Waals surface area contributed by atoms with E-state index >= 15 is 0 Å². The number of hydrogen-bond donors (Lipinski definition) is 0. The number of nitro groups is 1.